The molecular formula is C16H20O7. The average Bonchev–Trinajstić information content (AvgIpc) is 2.57. The number of benzene rings is 1. The number of carbonyl (C=O) groups excluding carboxylic acids is 1. The van der Waals surface area contributed by atoms with Gasteiger partial charge >= 0.3 is 5.97 Å². The lowest BCUT2D eigenvalue weighted by molar-refractivity contribution is -0.358. The molecule has 0 radical (unpaired) electrons. The van der Waals surface area contributed by atoms with Crippen molar-refractivity contribution in [2.24, 2.45) is 0 Å². The minimum Gasteiger partial charge on any atom is -0.457 e. The smallest absolute Gasteiger partial charge is 0.303 e. The standard InChI is InChI=1S/C16H20O7/c1-9(17)21-14-12(18)16(19-2)22-11-8-20-15(23-13(11)14)10-6-4-3-5-7-10/h3-7,11-16,18H,8H2,1-2H3/t11-,12+,13-,14-,15?,16-/m1/s1. The summed E-state index contributed by atoms with van der Waals surface area (Å²) in [7, 11) is 1.41. The summed E-state index contributed by atoms with van der Waals surface area (Å²) in [5.74, 6) is -0.504. The summed E-state index contributed by atoms with van der Waals surface area (Å²) in [6.07, 6.45) is -4.66. The summed E-state index contributed by atoms with van der Waals surface area (Å²) in [6, 6.07) is 9.41. The van der Waals surface area contributed by atoms with E-state index in [0.717, 1.165) is 5.56 Å². The fourth-order valence-corrected chi connectivity index (χ4v) is 2.86. The van der Waals surface area contributed by atoms with Crippen molar-refractivity contribution in [1.29, 1.82) is 0 Å². The highest BCUT2D eigenvalue weighted by Gasteiger charge is 2.51. The molecule has 0 aromatic heterocycles. The molecule has 3 rings (SSSR count). The first-order chi connectivity index (χ1) is 11.1. The van der Waals surface area contributed by atoms with Gasteiger partial charge in [-0.2, -0.15) is 0 Å². The second kappa shape index (κ2) is 6.94. The number of aliphatic hydroxyl groups is 1. The molecule has 7 nitrogen and oxygen atoms in total. The predicted molar refractivity (Wildman–Crippen MR) is 77.2 cm³/mol. The molecule has 2 aliphatic rings. The third-order valence-electron chi connectivity index (χ3n) is 3.91. The number of rotatable bonds is 3. The molecule has 1 unspecified atom stereocenters. The topological polar surface area (TPSA) is 83.5 Å². The summed E-state index contributed by atoms with van der Waals surface area (Å²) < 4.78 is 27.6. The molecule has 2 aliphatic heterocycles. The predicted octanol–water partition coefficient (Wildman–Crippen LogP) is 0.764. The monoisotopic (exact) mass is 324 g/mol. The molecule has 0 spiro atoms. The van der Waals surface area contributed by atoms with E-state index in [9.17, 15) is 9.90 Å². The molecule has 6 atom stereocenters. The zero-order valence-electron chi connectivity index (χ0n) is 13.0. The van der Waals surface area contributed by atoms with Crippen molar-refractivity contribution in [2.45, 2.75) is 43.9 Å². The average molecular weight is 324 g/mol. The number of ether oxygens (including phenoxy) is 5. The Morgan fingerprint density at radius 2 is 2.00 bits per heavy atom. The van der Waals surface area contributed by atoms with Crippen molar-refractivity contribution in [3.05, 3.63) is 35.9 Å². The minimum absolute atomic E-state index is 0.245. The number of methoxy groups -OCH3 is 1. The van der Waals surface area contributed by atoms with Crippen molar-refractivity contribution in [3.63, 3.8) is 0 Å². The molecule has 0 amide bonds. The number of hydrogen-bond acceptors (Lipinski definition) is 7. The Balaban J connectivity index is 1.80. The van der Waals surface area contributed by atoms with E-state index in [1.807, 2.05) is 30.3 Å². The van der Waals surface area contributed by atoms with Crippen LogP contribution in [0.1, 0.15) is 18.8 Å². The molecular weight excluding hydrogens is 304 g/mol. The van der Waals surface area contributed by atoms with Gasteiger partial charge in [-0.15, -0.1) is 0 Å². The first kappa shape index (κ1) is 16.4. The second-order valence-corrected chi connectivity index (χ2v) is 5.52. The summed E-state index contributed by atoms with van der Waals surface area (Å²) in [5, 5.41) is 10.3. The molecule has 2 saturated heterocycles. The SMILES string of the molecule is CO[C@@H]1O[C@@H]2COC(c3ccccc3)O[C@H]2[C@H](OC(C)=O)[C@@H]1O. The Hall–Kier alpha value is -1.51. The van der Waals surface area contributed by atoms with Crippen LogP contribution >= 0.6 is 0 Å². The van der Waals surface area contributed by atoms with Crippen molar-refractivity contribution in [1.82, 2.24) is 0 Å². The zero-order chi connectivity index (χ0) is 16.4. The highest BCUT2D eigenvalue weighted by atomic mass is 16.8. The minimum atomic E-state index is -1.14. The van der Waals surface area contributed by atoms with Crippen LogP contribution in [0.2, 0.25) is 0 Å². The van der Waals surface area contributed by atoms with Gasteiger partial charge in [0.15, 0.2) is 18.7 Å². The van der Waals surface area contributed by atoms with Gasteiger partial charge in [0.05, 0.1) is 6.61 Å². The van der Waals surface area contributed by atoms with Gasteiger partial charge in [-0.25, -0.2) is 0 Å². The highest BCUT2D eigenvalue weighted by molar-refractivity contribution is 5.66. The van der Waals surface area contributed by atoms with E-state index >= 15 is 0 Å². The zero-order valence-corrected chi connectivity index (χ0v) is 13.0. The van der Waals surface area contributed by atoms with Crippen LogP contribution in [0.5, 0.6) is 0 Å². The number of aliphatic hydroxyl groups excluding tert-OH is 1. The lowest BCUT2D eigenvalue weighted by atomic mass is 9.97. The molecule has 2 heterocycles. The van der Waals surface area contributed by atoms with Crippen LogP contribution in [-0.4, -0.2) is 55.5 Å². The molecule has 1 aromatic carbocycles. The maximum absolute atomic E-state index is 11.4. The van der Waals surface area contributed by atoms with Gasteiger partial charge in [0.1, 0.15) is 18.3 Å². The van der Waals surface area contributed by atoms with Crippen LogP contribution < -0.4 is 0 Å². The van der Waals surface area contributed by atoms with Crippen LogP contribution in [0.3, 0.4) is 0 Å². The van der Waals surface area contributed by atoms with E-state index in [2.05, 4.69) is 0 Å². The Labute approximate surface area is 134 Å². The molecule has 0 saturated carbocycles. The van der Waals surface area contributed by atoms with E-state index in [1.54, 1.807) is 0 Å². The molecule has 0 aliphatic carbocycles. The van der Waals surface area contributed by atoms with Gasteiger partial charge in [-0.1, -0.05) is 30.3 Å². The lowest BCUT2D eigenvalue weighted by Gasteiger charge is -2.46. The van der Waals surface area contributed by atoms with Gasteiger partial charge in [0.25, 0.3) is 0 Å². The number of carbonyl (C=O) groups is 1. The van der Waals surface area contributed by atoms with Gasteiger partial charge in [0.2, 0.25) is 0 Å². The third kappa shape index (κ3) is 3.39. The fraction of sp³-hybridized carbons (Fsp3) is 0.562. The normalized spacial score (nSPS) is 37.0. The molecule has 1 aromatic rings. The molecule has 126 valence electrons. The van der Waals surface area contributed by atoms with Crippen LogP contribution in [0, 0.1) is 0 Å². The van der Waals surface area contributed by atoms with Crippen LogP contribution in [0.25, 0.3) is 0 Å². The Morgan fingerprint density at radius 1 is 1.26 bits per heavy atom. The number of hydrogen-bond donors (Lipinski definition) is 1. The Bertz CT molecular complexity index is 534. The van der Waals surface area contributed by atoms with Gasteiger partial charge in [-0.3, -0.25) is 4.79 Å². The maximum atomic E-state index is 11.4. The summed E-state index contributed by atoms with van der Waals surface area (Å²) >= 11 is 0. The van der Waals surface area contributed by atoms with Crippen molar-refractivity contribution in [2.75, 3.05) is 13.7 Å². The Morgan fingerprint density at radius 3 is 2.65 bits per heavy atom. The Kier molecular flexibility index (Phi) is 4.93. The van der Waals surface area contributed by atoms with E-state index in [4.69, 9.17) is 23.7 Å². The largest absolute Gasteiger partial charge is 0.457 e. The van der Waals surface area contributed by atoms with Crippen molar-refractivity contribution >= 4 is 5.97 Å². The van der Waals surface area contributed by atoms with Gasteiger partial charge in [0, 0.05) is 19.6 Å². The number of esters is 1. The van der Waals surface area contributed by atoms with Crippen LogP contribution in [0.4, 0.5) is 0 Å². The molecule has 23 heavy (non-hydrogen) atoms. The van der Waals surface area contributed by atoms with Crippen molar-refractivity contribution in [3.8, 4) is 0 Å². The van der Waals surface area contributed by atoms with Gasteiger partial charge in [-0.05, 0) is 0 Å². The molecule has 7 heteroatoms. The number of fused-ring (bicyclic) bond motifs is 1. The van der Waals surface area contributed by atoms with E-state index < -0.39 is 43.0 Å². The highest BCUT2D eigenvalue weighted by Crippen LogP contribution is 2.35. The quantitative estimate of drug-likeness (QED) is 0.822. The fourth-order valence-electron chi connectivity index (χ4n) is 2.86. The third-order valence-corrected chi connectivity index (χ3v) is 3.91. The van der Waals surface area contributed by atoms with Gasteiger partial charge < -0.3 is 28.8 Å². The maximum Gasteiger partial charge on any atom is 0.303 e. The first-order valence-electron chi connectivity index (χ1n) is 7.45. The van der Waals surface area contributed by atoms with Crippen LogP contribution in [-0.2, 0) is 28.5 Å². The molecule has 1 N–H and O–H groups in total. The molecule has 0 bridgehead atoms. The van der Waals surface area contributed by atoms with Crippen LogP contribution in [0.15, 0.2) is 30.3 Å². The summed E-state index contributed by atoms with van der Waals surface area (Å²) in [4.78, 5) is 11.4. The first-order valence-corrected chi connectivity index (χ1v) is 7.45. The van der Waals surface area contributed by atoms with E-state index in [0.29, 0.717) is 0 Å². The lowest BCUT2D eigenvalue weighted by Crippen LogP contribution is -2.63. The van der Waals surface area contributed by atoms with E-state index in [1.165, 1.54) is 14.0 Å². The van der Waals surface area contributed by atoms with Crippen molar-refractivity contribution < 1.29 is 33.6 Å². The second-order valence-electron chi connectivity index (χ2n) is 5.52. The summed E-state index contributed by atoms with van der Waals surface area (Å²) in [5.41, 5.74) is 0.843. The molecule has 2 fully saturated rings. The van der Waals surface area contributed by atoms with E-state index in [-0.39, 0.29) is 6.61 Å². The summed E-state index contributed by atoms with van der Waals surface area (Å²) in [6.45, 7) is 1.53.